The molecule has 27 heavy (non-hydrogen) atoms. The van der Waals surface area contributed by atoms with Crippen molar-refractivity contribution in [3.8, 4) is 0 Å². The van der Waals surface area contributed by atoms with Crippen LogP contribution in [0, 0.1) is 6.92 Å². The van der Waals surface area contributed by atoms with Crippen molar-refractivity contribution >= 4 is 41.0 Å². The van der Waals surface area contributed by atoms with Crippen LogP contribution in [-0.4, -0.2) is 41.0 Å². The van der Waals surface area contributed by atoms with Crippen LogP contribution in [-0.2, 0) is 4.79 Å². The molecule has 0 saturated carbocycles. The molecule has 3 amide bonds. The predicted octanol–water partition coefficient (Wildman–Crippen LogP) is 4.24. The fourth-order valence-corrected chi connectivity index (χ4v) is 3.67. The number of likely N-dealkylation sites (N-methyl/N-ethyl adjacent to an activating group) is 1. The summed E-state index contributed by atoms with van der Waals surface area (Å²) >= 11 is 12.8. The monoisotopic (exact) mass is 408 g/mol. The Kier molecular flexibility index (Phi) is 5.17. The number of anilines is 1. The van der Waals surface area contributed by atoms with Gasteiger partial charge in [0, 0.05) is 41.5 Å². The summed E-state index contributed by atoms with van der Waals surface area (Å²) in [5.41, 5.74) is 1.33. The Bertz CT molecular complexity index is 934. The molecule has 0 saturated heterocycles. The second-order valence-electron chi connectivity index (χ2n) is 6.27. The highest BCUT2D eigenvalue weighted by Gasteiger charge is 2.40. The Labute approximate surface area is 166 Å². The van der Waals surface area contributed by atoms with Gasteiger partial charge >= 0.3 is 6.03 Å². The number of carbonyl (C=O) groups is 2. The van der Waals surface area contributed by atoms with Crippen LogP contribution >= 0.6 is 23.2 Å². The van der Waals surface area contributed by atoms with Gasteiger partial charge in [0.2, 0.25) is 0 Å². The quantitative estimate of drug-likeness (QED) is 0.823. The van der Waals surface area contributed by atoms with Crippen LogP contribution in [0.1, 0.15) is 24.3 Å². The van der Waals surface area contributed by atoms with Crippen molar-refractivity contribution in [1.82, 2.24) is 15.0 Å². The minimum Gasteiger partial charge on any atom is -0.360 e. The van der Waals surface area contributed by atoms with Gasteiger partial charge in [-0.05, 0) is 26.0 Å². The minimum atomic E-state index is -0.747. The normalized spacial score (nSPS) is 17.6. The molecule has 0 bridgehead atoms. The van der Waals surface area contributed by atoms with Crippen LogP contribution in [0.3, 0.4) is 0 Å². The van der Waals surface area contributed by atoms with Gasteiger partial charge in [0.15, 0.2) is 5.82 Å². The molecule has 1 aliphatic heterocycles. The summed E-state index contributed by atoms with van der Waals surface area (Å²) in [7, 11) is 3.20. The second-order valence-corrected chi connectivity index (χ2v) is 7.08. The largest absolute Gasteiger partial charge is 0.360 e. The molecule has 0 unspecified atom stereocenters. The van der Waals surface area contributed by atoms with E-state index >= 15 is 0 Å². The molecule has 2 heterocycles. The topological polar surface area (TPSA) is 78.7 Å². The Morgan fingerprint density at radius 3 is 2.41 bits per heavy atom. The number of benzene rings is 1. The van der Waals surface area contributed by atoms with Gasteiger partial charge in [0.1, 0.15) is 5.76 Å². The molecular weight excluding hydrogens is 391 g/mol. The maximum atomic E-state index is 13.1. The van der Waals surface area contributed by atoms with Gasteiger partial charge in [-0.15, -0.1) is 0 Å². The third-order valence-electron chi connectivity index (χ3n) is 4.53. The van der Waals surface area contributed by atoms with E-state index in [0.717, 1.165) is 0 Å². The molecule has 7 nitrogen and oxygen atoms in total. The van der Waals surface area contributed by atoms with E-state index in [4.69, 9.17) is 27.7 Å². The van der Waals surface area contributed by atoms with Crippen molar-refractivity contribution < 1.29 is 14.1 Å². The van der Waals surface area contributed by atoms with E-state index in [2.05, 4.69) is 10.5 Å². The first-order valence-electron chi connectivity index (χ1n) is 8.12. The smallest absolute Gasteiger partial charge is 0.324 e. The molecule has 1 atom stereocenters. The van der Waals surface area contributed by atoms with Gasteiger partial charge in [-0.3, -0.25) is 4.79 Å². The summed E-state index contributed by atoms with van der Waals surface area (Å²) in [6.45, 7) is 3.42. The van der Waals surface area contributed by atoms with Crippen molar-refractivity contribution in [2.45, 2.75) is 19.9 Å². The molecule has 1 N–H and O–H groups in total. The predicted molar refractivity (Wildman–Crippen MR) is 103 cm³/mol. The number of urea groups is 1. The maximum Gasteiger partial charge on any atom is 0.324 e. The molecule has 0 spiro atoms. The number of amides is 3. The lowest BCUT2D eigenvalue weighted by Crippen LogP contribution is -2.48. The Balaban J connectivity index is 2.13. The van der Waals surface area contributed by atoms with Gasteiger partial charge in [0.25, 0.3) is 5.91 Å². The summed E-state index contributed by atoms with van der Waals surface area (Å²) in [5, 5.41) is 7.23. The number of halogens is 2. The van der Waals surface area contributed by atoms with Gasteiger partial charge < -0.3 is 19.6 Å². The lowest BCUT2D eigenvalue weighted by Gasteiger charge is -2.40. The molecule has 9 heteroatoms. The first kappa shape index (κ1) is 19.3. The van der Waals surface area contributed by atoms with Gasteiger partial charge in [-0.2, -0.15) is 0 Å². The van der Waals surface area contributed by atoms with Crippen molar-refractivity contribution in [2.24, 2.45) is 0 Å². The van der Waals surface area contributed by atoms with E-state index in [1.165, 1.54) is 9.80 Å². The highest BCUT2D eigenvalue weighted by atomic mass is 35.5. The lowest BCUT2D eigenvalue weighted by molar-refractivity contribution is -0.113. The lowest BCUT2D eigenvalue weighted by atomic mass is 9.93. The van der Waals surface area contributed by atoms with E-state index in [1.54, 1.807) is 52.2 Å². The molecule has 1 aromatic heterocycles. The van der Waals surface area contributed by atoms with Gasteiger partial charge in [-0.25, -0.2) is 4.79 Å². The van der Waals surface area contributed by atoms with E-state index in [9.17, 15) is 9.59 Å². The zero-order chi connectivity index (χ0) is 19.9. The van der Waals surface area contributed by atoms with Gasteiger partial charge in [0.05, 0.1) is 11.6 Å². The second kappa shape index (κ2) is 7.25. The van der Waals surface area contributed by atoms with Crippen molar-refractivity contribution in [1.29, 1.82) is 0 Å². The number of aryl methyl sites for hydroxylation is 1. The van der Waals surface area contributed by atoms with E-state index < -0.39 is 11.9 Å². The number of carbonyl (C=O) groups excluding carboxylic acids is 2. The number of aromatic nitrogens is 1. The Hall–Kier alpha value is -2.51. The van der Waals surface area contributed by atoms with Crippen LogP contribution in [0.25, 0.3) is 0 Å². The van der Waals surface area contributed by atoms with Crippen LogP contribution < -0.4 is 5.32 Å². The third-order valence-corrected chi connectivity index (χ3v) is 5.19. The zero-order valence-corrected chi connectivity index (χ0v) is 16.7. The van der Waals surface area contributed by atoms with Crippen LogP contribution in [0.2, 0.25) is 10.0 Å². The van der Waals surface area contributed by atoms with E-state index in [0.29, 0.717) is 32.6 Å². The van der Waals surface area contributed by atoms with Crippen molar-refractivity contribution in [2.75, 3.05) is 19.4 Å². The molecule has 3 rings (SSSR count). The number of nitrogens with zero attached hydrogens (tertiary/aromatic N) is 3. The molecule has 0 fully saturated rings. The van der Waals surface area contributed by atoms with Gasteiger partial charge in [-0.1, -0.05) is 34.4 Å². The fraction of sp³-hybridized carbons (Fsp3) is 0.278. The van der Waals surface area contributed by atoms with Crippen LogP contribution in [0.5, 0.6) is 0 Å². The van der Waals surface area contributed by atoms with Crippen molar-refractivity contribution in [3.05, 3.63) is 56.9 Å². The van der Waals surface area contributed by atoms with Crippen LogP contribution in [0.4, 0.5) is 10.6 Å². The molecule has 2 aromatic rings. The highest BCUT2D eigenvalue weighted by molar-refractivity contribution is 6.36. The first-order chi connectivity index (χ1) is 12.7. The summed E-state index contributed by atoms with van der Waals surface area (Å²) < 4.78 is 4.99. The molecule has 1 aromatic carbocycles. The molecular formula is C18H18Cl2N4O3. The SMILES string of the molecule is CC1=C(C(=O)Nc2cc(C)on2)[C@@H](c2c(Cl)cccc2Cl)N(C)C(=O)N1C. The summed E-state index contributed by atoms with van der Waals surface area (Å²) in [6, 6.07) is 5.63. The van der Waals surface area contributed by atoms with Crippen LogP contribution in [0.15, 0.2) is 40.1 Å². The summed E-state index contributed by atoms with van der Waals surface area (Å²) in [6.07, 6.45) is 0. The Morgan fingerprint density at radius 1 is 1.22 bits per heavy atom. The molecule has 142 valence electrons. The summed E-state index contributed by atoms with van der Waals surface area (Å²) in [5.74, 6) is 0.423. The number of hydrogen-bond acceptors (Lipinski definition) is 4. The van der Waals surface area contributed by atoms with E-state index in [1.807, 2.05) is 0 Å². The minimum absolute atomic E-state index is 0.276. The molecule has 0 aliphatic carbocycles. The molecule has 0 radical (unpaired) electrons. The van der Waals surface area contributed by atoms with Crippen molar-refractivity contribution in [3.63, 3.8) is 0 Å². The maximum absolute atomic E-state index is 13.1. The summed E-state index contributed by atoms with van der Waals surface area (Å²) in [4.78, 5) is 28.6. The standard InChI is InChI=1S/C18H18Cl2N4O3/c1-9-8-13(22-27-9)21-17(25)14-10(2)23(3)18(26)24(4)16(14)15-11(19)6-5-7-12(15)20/h5-8,16H,1-4H3,(H,21,22,25)/t16-/m0/s1. The number of allylic oxidation sites excluding steroid dienone is 1. The number of rotatable bonds is 3. The average molecular weight is 409 g/mol. The zero-order valence-electron chi connectivity index (χ0n) is 15.2. The number of nitrogens with one attached hydrogen (secondary N) is 1. The molecule has 1 aliphatic rings. The first-order valence-corrected chi connectivity index (χ1v) is 8.87. The Morgan fingerprint density at radius 2 is 1.85 bits per heavy atom. The average Bonchev–Trinajstić information content (AvgIpc) is 3.02. The number of hydrogen-bond donors (Lipinski definition) is 1. The highest BCUT2D eigenvalue weighted by Crippen LogP contribution is 2.42. The van der Waals surface area contributed by atoms with E-state index in [-0.39, 0.29) is 11.8 Å². The fourth-order valence-electron chi connectivity index (χ4n) is 3.07. The third kappa shape index (κ3) is 3.40.